The number of alkyl halides is 3. The fraction of sp³-hybridized carbons (Fsp3) is 0.143. The van der Waals surface area contributed by atoms with Crippen LogP contribution in [0.3, 0.4) is 0 Å². The van der Waals surface area contributed by atoms with Gasteiger partial charge in [0, 0.05) is 4.91 Å². The summed E-state index contributed by atoms with van der Waals surface area (Å²) in [4.78, 5) is 0.429. The molecule has 1 heterocycles. The number of hydrogen-bond donors (Lipinski definition) is 0. The summed E-state index contributed by atoms with van der Waals surface area (Å²) in [5.41, 5.74) is -3.74. The van der Waals surface area contributed by atoms with E-state index in [9.17, 15) is 26.9 Å². The molecule has 0 aliphatic carbocycles. The average Bonchev–Trinajstić information content (AvgIpc) is 2.96. The molecule has 0 N–H and O–H groups in total. The lowest BCUT2D eigenvalue weighted by Crippen LogP contribution is -2.24. The third kappa shape index (κ3) is 3.80. The quantitative estimate of drug-likeness (QED) is 0.458. The Hall–Kier alpha value is -2.25. The molecule has 0 aromatic heterocycles. The number of hydrogen-bond acceptors (Lipinski definition) is 6. The van der Waals surface area contributed by atoms with Gasteiger partial charge in [-0.25, -0.2) is 0 Å². The topological polar surface area (TPSA) is 79.5 Å². The predicted molar refractivity (Wildman–Crippen MR) is 83.9 cm³/mol. The van der Waals surface area contributed by atoms with E-state index < -0.39 is 15.6 Å². The largest absolute Gasteiger partial charge is 0.536 e. The molecule has 0 radical (unpaired) electrons. The summed E-state index contributed by atoms with van der Waals surface area (Å²) in [5, 5.41) is 12.2. The van der Waals surface area contributed by atoms with Gasteiger partial charge in [0.2, 0.25) is 0 Å². The Labute approximate surface area is 140 Å². The van der Waals surface area contributed by atoms with Crippen LogP contribution >= 0.6 is 11.8 Å². The van der Waals surface area contributed by atoms with Gasteiger partial charge in [0.1, 0.15) is 11.1 Å². The van der Waals surface area contributed by atoms with Crippen LogP contribution in [0.25, 0.3) is 5.57 Å². The zero-order valence-corrected chi connectivity index (χ0v) is 13.7. The Balaban J connectivity index is 2.27. The molecule has 0 bridgehead atoms. The van der Waals surface area contributed by atoms with Crippen LogP contribution < -0.4 is 0 Å². The molecule has 1 aromatic carbocycles. The van der Waals surface area contributed by atoms with Gasteiger partial charge in [-0.2, -0.15) is 26.9 Å². The van der Waals surface area contributed by atoms with E-state index >= 15 is 0 Å². The molecule has 0 unspecified atom stereocenters. The fourth-order valence-corrected chi connectivity index (χ4v) is 2.88. The lowest BCUT2D eigenvalue weighted by molar-refractivity contribution is -0.0540. The number of oxime groups is 1. The van der Waals surface area contributed by atoms with E-state index in [0.717, 1.165) is 17.3 Å². The van der Waals surface area contributed by atoms with E-state index in [4.69, 9.17) is 0 Å². The second kappa shape index (κ2) is 6.70. The molecule has 0 saturated carbocycles. The van der Waals surface area contributed by atoms with Crippen LogP contribution in [-0.2, 0) is 14.4 Å². The van der Waals surface area contributed by atoms with Crippen LogP contribution in [0.2, 0.25) is 0 Å². The summed E-state index contributed by atoms with van der Waals surface area (Å²) in [6.07, 6.45) is 2.72. The Morgan fingerprint density at radius 2 is 1.96 bits per heavy atom. The Morgan fingerprint density at radius 1 is 1.29 bits per heavy atom. The van der Waals surface area contributed by atoms with E-state index in [0.29, 0.717) is 16.0 Å². The molecule has 5 nitrogen and oxygen atoms in total. The molecule has 1 aliphatic rings. The van der Waals surface area contributed by atoms with E-state index in [1.807, 2.05) is 19.1 Å². The average molecular weight is 374 g/mol. The molecule has 0 spiro atoms. The highest BCUT2D eigenvalue weighted by atomic mass is 32.2. The predicted octanol–water partition coefficient (Wildman–Crippen LogP) is 3.71. The van der Waals surface area contributed by atoms with Crippen molar-refractivity contribution in [3.05, 3.63) is 52.4 Å². The molecule has 126 valence electrons. The molecule has 1 aliphatic heterocycles. The van der Waals surface area contributed by atoms with Gasteiger partial charge in [-0.05, 0) is 30.2 Å². The highest BCUT2D eigenvalue weighted by Crippen LogP contribution is 2.35. The van der Waals surface area contributed by atoms with E-state index in [2.05, 4.69) is 9.44 Å². The van der Waals surface area contributed by atoms with Crippen molar-refractivity contribution < 1.29 is 25.9 Å². The molecule has 0 atom stereocenters. The first-order chi connectivity index (χ1) is 11.2. The van der Waals surface area contributed by atoms with Gasteiger partial charge >= 0.3 is 15.6 Å². The van der Waals surface area contributed by atoms with Crippen LogP contribution in [0, 0.1) is 18.3 Å². The van der Waals surface area contributed by atoms with Crippen molar-refractivity contribution in [3.8, 4) is 6.07 Å². The van der Waals surface area contributed by atoms with Crippen LogP contribution in [0.1, 0.15) is 11.1 Å². The van der Waals surface area contributed by atoms with E-state index in [1.165, 1.54) is 12.2 Å². The summed E-state index contributed by atoms with van der Waals surface area (Å²) in [6, 6.07) is 9.13. The number of benzene rings is 1. The highest BCUT2D eigenvalue weighted by Gasteiger charge is 2.49. The summed E-state index contributed by atoms with van der Waals surface area (Å²) < 4.78 is 61.7. The minimum Gasteiger partial charge on any atom is -0.261 e. The maximum Gasteiger partial charge on any atom is 0.536 e. The molecule has 0 amide bonds. The zero-order chi connectivity index (χ0) is 18.0. The fourth-order valence-electron chi connectivity index (χ4n) is 1.74. The van der Waals surface area contributed by atoms with Crippen molar-refractivity contribution >= 4 is 32.5 Å². The van der Waals surface area contributed by atoms with Gasteiger partial charge in [-0.1, -0.05) is 41.2 Å². The van der Waals surface area contributed by atoms with Gasteiger partial charge in [-0.15, -0.1) is 0 Å². The van der Waals surface area contributed by atoms with Crippen molar-refractivity contribution in [1.29, 1.82) is 5.26 Å². The van der Waals surface area contributed by atoms with Crippen LogP contribution in [0.4, 0.5) is 13.2 Å². The third-order valence-corrected chi connectivity index (χ3v) is 4.69. The zero-order valence-electron chi connectivity index (χ0n) is 12.0. The van der Waals surface area contributed by atoms with Gasteiger partial charge < -0.3 is 0 Å². The van der Waals surface area contributed by atoms with Crippen molar-refractivity contribution in [2.24, 2.45) is 5.16 Å². The number of nitrogens with zero attached hydrogens (tertiary/aromatic N) is 2. The van der Waals surface area contributed by atoms with Gasteiger partial charge in [0.05, 0.1) is 5.57 Å². The van der Waals surface area contributed by atoms with Gasteiger partial charge in [-0.3, -0.25) is 4.28 Å². The second-order valence-electron chi connectivity index (χ2n) is 4.51. The van der Waals surface area contributed by atoms with E-state index in [1.54, 1.807) is 18.2 Å². The summed E-state index contributed by atoms with van der Waals surface area (Å²) in [6.45, 7) is 1.81. The second-order valence-corrected chi connectivity index (χ2v) is 7.09. The van der Waals surface area contributed by atoms with Crippen molar-refractivity contribution in [1.82, 2.24) is 0 Å². The molecule has 1 aromatic rings. The number of aryl methyl sites for hydroxylation is 1. The molecular weight excluding hydrogens is 365 g/mol. The Bertz CT molecular complexity index is 895. The summed E-state index contributed by atoms with van der Waals surface area (Å²) >= 11 is 0.837. The summed E-state index contributed by atoms with van der Waals surface area (Å²) in [5.74, 6) is 0. The lowest BCUT2D eigenvalue weighted by atomic mass is 10.0. The first-order valence-electron chi connectivity index (χ1n) is 6.30. The third-order valence-electron chi connectivity index (χ3n) is 2.87. The number of halogens is 3. The number of allylic oxidation sites excluding steroid dienone is 2. The SMILES string of the molecule is Cc1ccccc1/C(C#N)=C1C=C/C(=N\OS(=O)(=O)C(F)(F)F)S\1. The first kappa shape index (κ1) is 18.1. The smallest absolute Gasteiger partial charge is 0.261 e. The number of nitriles is 1. The number of thioether (sulfide) groups is 1. The molecule has 2 rings (SSSR count). The monoisotopic (exact) mass is 374 g/mol. The minimum atomic E-state index is -5.80. The molecule has 0 saturated heterocycles. The van der Waals surface area contributed by atoms with Crippen molar-refractivity contribution in [2.75, 3.05) is 0 Å². The highest BCUT2D eigenvalue weighted by molar-refractivity contribution is 8.18. The number of rotatable bonds is 3. The summed E-state index contributed by atoms with van der Waals surface area (Å²) in [7, 11) is -5.80. The van der Waals surface area contributed by atoms with Gasteiger partial charge in [0.25, 0.3) is 0 Å². The molecule has 24 heavy (non-hydrogen) atoms. The van der Waals surface area contributed by atoms with E-state index in [-0.39, 0.29) is 5.04 Å². The maximum absolute atomic E-state index is 12.2. The molecule has 0 fully saturated rings. The molecule has 10 heteroatoms. The standard InChI is InChI=1S/C14H9F3N2O3S2/c1-9-4-2-3-5-10(9)11(8-18)12-6-7-13(23-12)19-22-24(20,21)14(15,16)17/h2-7H,1H3/b12-11+,19-13+. The van der Waals surface area contributed by atoms with Crippen LogP contribution in [0.15, 0.2) is 46.5 Å². The maximum atomic E-state index is 12.2. The van der Waals surface area contributed by atoms with Crippen molar-refractivity contribution in [2.45, 2.75) is 12.4 Å². The lowest BCUT2D eigenvalue weighted by Gasteiger charge is -2.06. The van der Waals surface area contributed by atoms with Gasteiger partial charge in [0.15, 0.2) is 0 Å². The van der Waals surface area contributed by atoms with Crippen LogP contribution in [0.5, 0.6) is 0 Å². The Morgan fingerprint density at radius 3 is 2.54 bits per heavy atom. The van der Waals surface area contributed by atoms with Crippen LogP contribution in [-0.4, -0.2) is 19.0 Å². The normalized spacial score (nSPS) is 18.5. The molecular formula is C14H9F3N2O3S2. The first-order valence-corrected chi connectivity index (χ1v) is 8.52. The Kier molecular flexibility index (Phi) is 5.05. The minimum absolute atomic E-state index is 0.112. The van der Waals surface area contributed by atoms with Crippen molar-refractivity contribution in [3.63, 3.8) is 0 Å².